The lowest BCUT2D eigenvalue weighted by molar-refractivity contribution is 0.189. The average molecular weight is 375 g/mol. The number of hydrogen-bond acceptors (Lipinski definition) is 10. The first-order chi connectivity index (χ1) is 12.9. The van der Waals surface area contributed by atoms with Gasteiger partial charge in [0, 0.05) is 31.4 Å². The summed E-state index contributed by atoms with van der Waals surface area (Å²) >= 11 is 0. The van der Waals surface area contributed by atoms with Gasteiger partial charge in [-0.1, -0.05) is 0 Å². The first-order valence-corrected chi connectivity index (χ1v) is 8.87. The zero-order chi connectivity index (χ0) is 19.6. The van der Waals surface area contributed by atoms with Crippen LogP contribution in [0, 0.1) is 0 Å². The van der Waals surface area contributed by atoms with Gasteiger partial charge in [-0.05, 0) is 26.8 Å². The molecule has 3 rings (SSSR count). The second kappa shape index (κ2) is 7.97. The quantitative estimate of drug-likeness (QED) is 0.755. The number of piperazine rings is 1. The van der Waals surface area contributed by atoms with E-state index in [2.05, 4.69) is 48.6 Å². The van der Waals surface area contributed by atoms with Gasteiger partial charge in [0.15, 0.2) is 11.6 Å². The third-order valence-electron chi connectivity index (χ3n) is 4.48. The first kappa shape index (κ1) is 19.2. The van der Waals surface area contributed by atoms with Crippen LogP contribution in [0.1, 0.15) is 38.5 Å². The highest BCUT2D eigenvalue weighted by atomic mass is 16.5. The summed E-state index contributed by atoms with van der Waals surface area (Å²) in [4.78, 5) is 25.6. The maximum Gasteiger partial charge on any atom is 0.321 e. The molecule has 0 aromatic carbocycles. The Hall–Kier alpha value is -2.59. The maximum absolute atomic E-state index is 9.73. The van der Waals surface area contributed by atoms with Crippen LogP contribution in [-0.2, 0) is 6.61 Å². The molecule has 27 heavy (non-hydrogen) atoms. The van der Waals surface area contributed by atoms with E-state index in [0.29, 0.717) is 24.9 Å². The predicted molar refractivity (Wildman–Crippen MR) is 98.6 cm³/mol. The van der Waals surface area contributed by atoms with E-state index in [9.17, 15) is 10.2 Å². The number of methoxy groups -OCH3 is 1. The van der Waals surface area contributed by atoms with Crippen molar-refractivity contribution >= 4 is 11.8 Å². The molecule has 0 saturated carbocycles. The number of aliphatic hydroxyl groups excluding tert-OH is 2. The second-order valence-electron chi connectivity index (χ2n) is 6.66. The molecule has 3 atom stereocenters. The van der Waals surface area contributed by atoms with E-state index in [1.807, 2.05) is 6.07 Å². The van der Waals surface area contributed by atoms with Crippen LogP contribution >= 0.6 is 0 Å². The Bertz CT molecular complexity index is 755. The number of aliphatic hydroxyl groups is 2. The maximum atomic E-state index is 9.73. The monoisotopic (exact) mass is 375 g/mol. The Morgan fingerprint density at radius 2 is 1.89 bits per heavy atom. The smallest absolute Gasteiger partial charge is 0.321 e. The number of nitrogens with zero attached hydrogens (tertiary/aromatic N) is 7. The topological polar surface area (TPSA) is 121 Å². The third kappa shape index (κ3) is 4.06. The molecular formula is C17H25N7O3. The van der Waals surface area contributed by atoms with Crippen molar-refractivity contribution in [1.29, 1.82) is 0 Å². The Kier molecular flexibility index (Phi) is 5.66. The number of anilines is 2. The van der Waals surface area contributed by atoms with Crippen molar-refractivity contribution < 1.29 is 14.9 Å². The summed E-state index contributed by atoms with van der Waals surface area (Å²) in [5.74, 6) is 1.95. The molecule has 1 aliphatic heterocycles. The molecule has 0 radical (unpaired) electrons. The molecular weight excluding hydrogens is 350 g/mol. The van der Waals surface area contributed by atoms with E-state index < -0.39 is 6.10 Å². The zero-order valence-electron chi connectivity index (χ0n) is 15.9. The van der Waals surface area contributed by atoms with Gasteiger partial charge >= 0.3 is 6.01 Å². The minimum atomic E-state index is -0.712. The van der Waals surface area contributed by atoms with Crippen LogP contribution in [0.25, 0.3) is 0 Å². The summed E-state index contributed by atoms with van der Waals surface area (Å²) in [6, 6.07) is 2.19. The molecule has 10 nitrogen and oxygen atoms in total. The molecule has 2 aromatic heterocycles. The van der Waals surface area contributed by atoms with Crippen LogP contribution < -0.4 is 14.5 Å². The van der Waals surface area contributed by atoms with Gasteiger partial charge in [0.25, 0.3) is 0 Å². The van der Waals surface area contributed by atoms with Gasteiger partial charge in [-0.2, -0.15) is 15.0 Å². The highest BCUT2D eigenvalue weighted by Crippen LogP contribution is 2.25. The minimum absolute atomic E-state index is 0.0809. The second-order valence-corrected chi connectivity index (χ2v) is 6.66. The molecule has 0 unspecified atom stereocenters. The molecule has 2 aromatic rings. The van der Waals surface area contributed by atoms with Gasteiger partial charge in [0.05, 0.1) is 7.11 Å². The highest BCUT2D eigenvalue weighted by Gasteiger charge is 2.32. The van der Waals surface area contributed by atoms with Crippen molar-refractivity contribution in [2.45, 2.75) is 45.6 Å². The van der Waals surface area contributed by atoms with E-state index in [0.717, 1.165) is 5.82 Å². The van der Waals surface area contributed by atoms with Crippen molar-refractivity contribution in [2.75, 3.05) is 30.0 Å². The fourth-order valence-electron chi connectivity index (χ4n) is 3.31. The van der Waals surface area contributed by atoms with Crippen LogP contribution in [0.15, 0.2) is 12.3 Å². The van der Waals surface area contributed by atoms with Crippen molar-refractivity contribution in [2.24, 2.45) is 0 Å². The van der Waals surface area contributed by atoms with E-state index in [4.69, 9.17) is 4.74 Å². The van der Waals surface area contributed by atoms with Gasteiger partial charge in [0.1, 0.15) is 18.5 Å². The summed E-state index contributed by atoms with van der Waals surface area (Å²) in [6.07, 6.45) is 0.951. The molecule has 1 aliphatic rings. The molecule has 0 spiro atoms. The molecule has 1 saturated heterocycles. The Balaban J connectivity index is 1.85. The van der Waals surface area contributed by atoms with Crippen LogP contribution in [0.2, 0.25) is 0 Å². The van der Waals surface area contributed by atoms with Crippen molar-refractivity contribution in [3.63, 3.8) is 0 Å². The fraction of sp³-hybridized carbons (Fsp3) is 0.588. The number of ether oxygens (including phenoxy) is 1. The molecule has 146 valence electrons. The van der Waals surface area contributed by atoms with Gasteiger partial charge in [-0.15, -0.1) is 0 Å². The molecule has 1 fully saturated rings. The van der Waals surface area contributed by atoms with Crippen LogP contribution in [0.4, 0.5) is 11.8 Å². The van der Waals surface area contributed by atoms with Crippen LogP contribution in [0.3, 0.4) is 0 Å². The van der Waals surface area contributed by atoms with Gasteiger partial charge in [-0.25, -0.2) is 9.97 Å². The highest BCUT2D eigenvalue weighted by molar-refractivity contribution is 5.45. The molecule has 0 aliphatic carbocycles. The Labute approximate surface area is 157 Å². The SMILES string of the molecule is COc1nc(CO)nc(N2[C@H](C)CN(c3ccnc([C@@H](C)O)n3)C[C@@H]2C)n1. The lowest BCUT2D eigenvalue weighted by Crippen LogP contribution is -2.58. The zero-order valence-corrected chi connectivity index (χ0v) is 15.9. The van der Waals surface area contributed by atoms with Crippen molar-refractivity contribution in [3.8, 4) is 6.01 Å². The Morgan fingerprint density at radius 3 is 2.48 bits per heavy atom. The summed E-state index contributed by atoms with van der Waals surface area (Å²) < 4.78 is 5.13. The molecule has 10 heteroatoms. The van der Waals surface area contributed by atoms with E-state index in [1.54, 1.807) is 13.1 Å². The molecule has 3 heterocycles. The summed E-state index contributed by atoms with van der Waals surface area (Å²) in [6.45, 7) is 6.92. The lowest BCUT2D eigenvalue weighted by Gasteiger charge is -2.44. The largest absolute Gasteiger partial charge is 0.467 e. The lowest BCUT2D eigenvalue weighted by atomic mass is 10.1. The molecule has 0 amide bonds. The van der Waals surface area contributed by atoms with Crippen molar-refractivity contribution in [1.82, 2.24) is 24.9 Å². The predicted octanol–water partition coefficient (Wildman–Crippen LogP) is 0.319. The number of rotatable bonds is 5. The normalized spacial score (nSPS) is 21.3. The Morgan fingerprint density at radius 1 is 1.19 bits per heavy atom. The number of aromatic nitrogens is 5. The van der Waals surface area contributed by atoms with Crippen LogP contribution in [-0.4, -0.2) is 67.4 Å². The third-order valence-corrected chi connectivity index (χ3v) is 4.48. The van der Waals surface area contributed by atoms with Gasteiger partial charge < -0.3 is 24.7 Å². The first-order valence-electron chi connectivity index (χ1n) is 8.87. The fourth-order valence-corrected chi connectivity index (χ4v) is 3.31. The standard InChI is InChI=1S/C17H25N7O3/c1-10-7-23(14-5-6-18-15(21-14)12(3)26)8-11(2)24(10)16-19-13(9-25)20-17(22-16)27-4/h5-6,10-12,25-26H,7-9H2,1-4H3/t10-,11+,12-/m1/s1. The summed E-state index contributed by atoms with van der Waals surface area (Å²) in [7, 11) is 1.49. The van der Waals surface area contributed by atoms with E-state index in [-0.39, 0.29) is 30.5 Å². The summed E-state index contributed by atoms with van der Waals surface area (Å²) in [5, 5.41) is 19.1. The van der Waals surface area contributed by atoms with E-state index >= 15 is 0 Å². The number of hydrogen-bond donors (Lipinski definition) is 2. The molecule has 2 N–H and O–H groups in total. The van der Waals surface area contributed by atoms with E-state index in [1.165, 1.54) is 7.11 Å². The molecule has 0 bridgehead atoms. The van der Waals surface area contributed by atoms with Crippen molar-refractivity contribution in [3.05, 3.63) is 23.9 Å². The van der Waals surface area contributed by atoms with Crippen LogP contribution in [0.5, 0.6) is 6.01 Å². The average Bonchev–Trinajstić information content (AvgIpc) is 2.67. The minimum Gasteiger partial charge on any atom is -0.467 e. The van der Waals surface area contributed by atoms with Gasteiger partial charge in [0.2, 0.25) is 5.95 Å². The van der Waals surface area contributed by atoms with Gasteiger partial charge in [-0.3, -0.25) is 0 Å². The summed E-state index contributed by atoms with van der Waals surface area (Å²) in [5.41, 5.74) is 0.